The summed E-state index contributed by atoms with van der Waals surface area (Å²) in [6.07, 6.45) is 2.25. The summed E-state index contributed by atoms with van der Waals surface area (Å²) in [7, 11) is 1.71. The molecular formula is C24H29N3O4S. The van der Waals surface area contributed by atoms with Gasteiger partial charge in [-0.3, -0.25) is 14.5 Å². The van der Waals surface area contributed by atoms with Crippen LogP contribution in [0.4, 0.5) is 11.4 Å². The molecule has 32 heavy (non-hydrogen) atoms. The van der Waals surface area contributed by atoms with E-state index in [9.17, 15) is 14.1 Å². The number of fused-ring (bicyclic) bond motifs is 1. The van der Waals surface area contributed by atoms with Crippen molar-refractivity contribution in [1.29, 1.82) is 0 Å². The summed E-state index contributed by atoms with van der Waals surface area (Å²) in [6, 6.07) is 13.2. The number of carbonyl (C=O) groups excluding carboxylic acids is 2. The number of amides is 1. The molecule has 1 N–H and O–H groups in total. The normalized spacial score (nSPS) is 18.8. The average molecular weight is 456 g/mol. The summed E-state index contributed by atoms with van der Waals surface area (Å²) in [6.45, 7) is 4.89. The van der Waals surface area contributed by atoms with Gasteiger partial charge < -0.3 is 19.5 Å². The lowest BCUT2D eigenvalue weighted by molar-refractivity contribution is -0.114. The van der Waals surface area contributed by atoms with E-state index in [0.29, 0.717) is 22.6 Å². The van der Waals surface area contributed by atoms with Crippen molar-refractivity contribution in [2.75, 3.05) is 55.8 Å². The Morgan fingerprint density at radius 1 is 1.12 bits per heavy atom. The third kappa shape index (κ3) is 5.26. The number of Topliss-reactive ketones (excluding diaryl/α,β-unsaturated/α-hetero) is 1. The molecule has 4 rings (SSSR count). The Morgan fingerprint density at radius 3 is 2.69 bits per heavy atom. The number of ketones is 1. The van der Waals surface area contributed by atoms with E-state index in [4.69, 9.17) is 4.74 Å². The first kappa shape index (κ1) is 22.6. The fourth-order valence-corrected chi connectivity index (χ4v) is 5.29. The molecule has 2 aromatic rings. The molecule has 0 aromatic heterocycles. The van der Waals surface area contributed by atoms with E-state index in [0.717, 1.165) is 57.0 Å². The van der Waals surface area contributed by atoms with E-state index in [-0.39, 0.29) is 17.4 Å². The molecule has 1 unspecified atom stereocenters. The number of rotatable bonds is 8. The molecule has 2 aliphatic heterocycles. The predicted octanol–water partition coefficient (Wildman–Crippen LogP) is 2.93. The maximum absolute atomic E-state index is 12.6. The number of unbranched alkanes of at least 4 members (excludes halogenated alkanes) is 1. The van der Waals surface area contributed by atoms with Crippen LogP contribution in [0.3, 0.4) is 0 Å². The molecule has 1 amide bonds. The number of methoxy groups -OCH3 is 1. The summed E-state index contributed by atoms with van der Waals surface area (Å²) in [5.41, 5.74) is 2.21. The molecule has 0 saturated carbocycles. The molecular weight excluding hydrogens is 426 g/mol. The Balaban J connectivity index is 1.20. The highest BCUT2D eigenvalue weighted by molar-refractivity contribution is 7.92. The van der Waals surface area contributed by atoms with Gasteiger partial charge in [-0.1, -0.05) is 12.1 Å². The van der Waals surface area contributed by atoms with Gasteiger partial charge >= 0.3 is 0 Å². The summed E-state index contributed by atoms with van der Waals surface area (Å²) in [5.74, 6) is 0.672. The van der Waals surface area contributed by atoms with Gasteiger partial charge in [0.2, 0.25) is 0 Å². The number of hydrogen-bond acceptors (Lipinski definition) is 6. The zero-order chi connectivity index (χ0) is 22.5. The number of nitrogens with one attached hydrogen (secondary N) is 1. The SMILES string of the molecule is COc1ccccc1N1CCN(CCCCC(=O)c2ccc3c(c2)NC(=O)C[S+]3[O-])CC1. The first-order chi connectivity index (χ1) is 15.5. The zero-order valence-corrected chi connectivity index (χ0v) is 19.2. The fourth-order valence-electron chi connectivity index (χ4n) is 4.25. The van der Waals surface area contributed by atoms with Gasteiger partial charge in [0.05, 0.1) is 18.5 Å². The monoisotopic (exact) mass is 455 g/mol. The lowest BCUT2D eigenvalue weighted by atomic mass is 10.0. The standard InChI is InChI=1S/C24H29N3O4S/c1-31-22-8-3-2-6-20(22)27-14-12-26(13-15-27)11-5-4-7-21(28)18-9-10-23-19(16-18)25-24(29)17-32(23)30/h2-3,6,8-10,16H,4-5,7,11-15,17H2,1H3,(H,25,29). The third-order valence-electron chi connectivity index (χ3n) is 6.01. The second-order valence-electron chi connectivity index (χ2n) is 8.13. The molecule has 2 heterocycles. The van der Waals surface area contributed by atoms with Gasteiger partial charge in [0.15, 0.2) is 16.4 Å². The molecule has 0 radical (unpaired) electrons. The molecule has 2 aliphatic rings. The summed E-state index contributed by atoms with van der Waals surface area (Å²) < 4.78 is 17.5. The maximum atomic E-state index is 12.6. The van der Waals surface area contributed by atoms with E-state index >= 15 is 0 Å². The minimum atomic E-state index is -1.33. The highest BCUT2D eigenvalue weighted by Gasteiger charge is 2.28. The van der Waals surface area contributed by atoms with Crippen LogP contribution in [-0.2, 0) is 16.0 Å². The Bertz CT molecular complexity index is 975. The van der Waals surface area contributed by atoms with E-state index in [1.807, 2.05) is 18.2 Å². The number of nitrogens with zero attached hydrogens (tertiary/aromatic N) is 2. The molecule has 8 heteroatoms. The van der Waals surface area contributed by atoms with Crippen molar-refractivity contribution >= 4 is 34.2 Å². The molecule has 1 fully saturated rings. The van der Waals surface area contributed by atoms with Crippen LogP contribution in [0.2, 0.25) is 0 Å². The number of para-hydroxylation sites is 2. The van der Waals surface area contributed by atoms with Crippen molar-refractivity contribution in [2.45, 2.75) is 24.2 Å². The summed E-state index contributed by atoms with van der Waals surface area (Å²) >= 11 is -1.33. The van der Waals surface area contributed by atoms with Crippen molar-refractivity contribution < 1.29 is 18.9 Å². The number of ether oxygens (including phenoxy) is 1. The zero-order valence-electron chi connectivity index (χ0n) is 18.3. The molecule has 0 bridgehead atoms. The van der Waals surface area contributed by atoms with Gasteiger partial charge in [-0.2, -0.15) is 0 Å². The number of anilines is 2. The summed E-state index contributed by atoms with van der Waals surface area (Å²) in [4.78, 5) is 29.6. The van der Waals surface area contributed by atoms with Crippen LogP contribution >= 0.6 is 0 Å². The van der Waals surface area contributed by atoms with Crippen LogP contribution in [0.5, 0.6) is 5.75 Å². The first-order valence-electron chi connectivity index (χ1n) is 11.0. The van der Waals surface area contributed by atoms with Crippen molar-refractivity contribution in [2.24, 2.45) is 0 Å². The number of piperazine rings is 1. The smallest absolute Gasteiger partial charge is 0.274 e. The van der Waals surface area contributed by atoms with Crippen LogP contribution in [0.15, 0.2) is 47.4 Å². The van der Waals surface area contributed by atoms with E-state index in [1.54, 1.807) is 25.3 Å². The van der Waals surface area contributed by atoms with Crippen molar-refractivity contribution in [3.05, 3.63) is 48.0 Å². The van der Waals surface area contributed by atoms with Crippen LogP contribution in [0.1, 0.15) is 29.6 Å². The molecule has 1 saturated heterocycles. The first-order valence-corrected chi connectivity index (χ1v) is 12.3. The highest BCUT2D eigenvalue weighted by Crippen LogP contribution is 2.29. The van der Waals surface area contributed by atoms with Gasteiger partial charge in [-0.05, 0) is 60.9 Å². The molecule has 7 nitrogen and oxygen atoms in total. The van der Waals surface area contributed by atoms with Crippen molar-refractivity contribution in [3.8, 4) is 5.75 Å². The average Bonchev–Trinajstić information content (AvgIpc) is 2.81. The molecule has 0 spiro atoms. The van der Waals surface area contributed by atoms with Gasteiger partial charge in [-0.25, -0.2) is 0 Å². The molecule has 1 atom stereocenters. The van der Waals surface area contributed by atoms with Crippen LogP contribution in [-0.4, -0.2) is 66.7 Å². The van der Waals surface area contributed by atoms with Crippen LogP contribution in [0.25, 0.3) is 0 Å². The third-order valence-corrected chi connectivity index (χ3v) is 7.38. The highest BCUT2D eigenvalue weighted by atomic mass is 32.2. The van der Waals surface area contributed by atoms with E-state index < -0.39 is 11.2 Å². The Kier molecular flexibility index (Phi) is 7.34. The topological polar surface area (TPSA) is 84.9 Å². The van der Waals surface area contributed by atoms with E-state index in [2.05, 4.69) is 21.2 Å². The van der Waals surface area contributed by atoms with Crippen molar-refractivity contribution in [1.82, 2.24) is 4.90 Å². The lowest BCUT2D eigenvalue weighted by Gasteiger charge is -2.36. The fraction of sp³-hybridized carbons (Fsp3) is 0.417. The Labute approximate surface area is 191 Å². The van der Waals surface area contributed by atoms with Crippen LogP contribution < -0.4 is 15.0 Å². The second-order valence-corrected chi connectivity index (χ2v) is 9.55. The van der Waals surface area contributed by atoms with E-state index in [1.165, 1.54) is 0 Å². The minimum absolute atomic E-state index is 0.0204. The molecule has 170 valence electrons. The Hall–Kier alpha value is -2.55. The number of benzene rings is 2. The largest absolute Gasteiger partial charge is 0.611 e. The second kappa shape index (κ2) is 10.4. The Morgan fingerprint density at radius 2 is 1.91 bits per heavy atom. The minimum Gasteiger partial charge on any atom is -0.611 e. The van der Waals surface area contributed by atoms with Crippen LogP contribution in [0, 0.1) is 0 Å². The predicted molar refractivity (Wildman–Crippen MR) is 126 cm³/mol. The van der Waals surface area contributed by atoms with Gasteiger partial charge in [0.25, 0.3) is 5.91 Å². The number of carbonyl (C=O) groups is 2. The summed E-state index contributed by atoms with van der Waals surface area (Å²) in [5, 5.41) is 2.72. The lowest BCUT2D eigenvalue weighted by Crippen LogP contribution is -2.46. The van der Waals surface area contributed by atoms with Gasteiger partial charge in [0, 0.05) is 38.2 Å². The maximum Gasteiger partial charge on any atom is 0.274 e. The van der Waals surface area contributed by atoms with Crippen molar-refractivity contribution in [3.63, 3.8) is 0 Å². The van der Waals surface area contributed by atoms with Gasteiger partial charge in [0.1, 0.15) is 5.75 Å². The molecule has 0 aliphatic carbocycles. The molecule has 2 aromatic carbocycles. The van der Waals surface area contributed by atoms with Gasteiger partial charge in [-0.15, -0.1) is 0 Å². The quantitative estimate of drug-likeness (QED) is 0.374. The number of hydrogen-bond donors (Lipinski definition) is 1.